The van der Waals surface area contributed by atoms with Crippen molar-refractivity contribution >= 4 is 48.9 Å². The van der Waals surface area contributed by atoms with Crippen molar-refractivity contribution in [3.8, 4) is 0 Å². The molecule has 2 atom stereocenters. The minimum Gasteiger partial charge on any atom is -0.459 e. The summed E-state index contributed by atoms with van der Waals surface area (Å²) in [7, 11) is 0. The molecule has 0 bridgehead atoms. The summed E-state index contributed by atoms with van der Waals surface area (Å²) in [6.45, 7) is 55.7. The van der Waals surface area contributed by atoms with Crippen molar-refractivity contribution in [2.75, 3.05) is 39.6 Å². The Kier molecular flexibility index (Phi) is 28.8. The minimum absolute atomic E-state index is 0.0327. The molecule has 0 radical (unpaired) electrons. The summed E-state index contributed by atoms with van der Waals surface area (Å²) in [5.41, 5.74) is -9.59. The SMILES string of the molecule is CCC(OC(=O)OC1CC(C)(C)NC(C)(C)C1)C(OC(=O)OC1CC(C)(C)NC(C)(C)C1)(OC(=O)OC1CC(C)(C)NC(C)(C)C1)C(=O)OCC(C)(C)C1OCC2(CO1)COC(C(C)(C)COC(=O)C(OC(=O)OC1CC(C)(C)NC(C)(C)C1)(OC(=O)OC1CC(C)(C)NC(C)(C)C1)C(CC)OC(=O)OC1CC(C)(C)NC(C)(C)C1)OC2. The van der Waals surface area contributed by atoms with E-state index in [1.807, 2.05) is 166 Å². The molecular weight excluding hydrogens is 1520 g/mol. The molecule has 8 aliphatic heterocycles. The summed E-state index contributed by atoms with van der Waals surface area (Å²) < 4.78 is 111. The van der Waals surface area contributed by atoms with Crippen LogP contribution in [0.1, 0.15) is 298 Å². The lowest BCUT2D eigenvalue weighted by Crippen LogP contribution is -2.62. The van der Waals surface area contributed by atoms with E-state index in [0.29, 0.717) is 77.0 Å². The first-order valence-corrected chi connectivity index (χ1v) is 42.0. The standard InChI is InChI=1S/C85H146N6O26/c1-31-57(112-63(94)106-51-33-71(7,8)86-72(9,10)34-51)84(114-65(96)108-53-37-75(15,16)88-76(17,18)38-53,115-66(97)109-54-39-77(19,20)89-78(21,22)40-54)59(92)100-45-69(3,4)61-102-47-83(48-103-61)49-104-62(105-50-83)70(5,6)46-101-60(93)85(116-67(98)110-55-41-79(23,24)90-80(25,26)42-55,117-68(99)111-56-43-81(27,28)91-82(29,30)44-56)58(32-2)113-64(95)107-52-35-73(11,12)87-74(13,14)36-52/h51-58,61-62,86-91H,31-50H2,1-30H3. The highest BCUT2D eigenvalue weighted by Gasteiger charge is 2.63. The number of nitrogens with one attached hydrogen (secondary N) is 6. The molecule has 0 saturated carbocycles. The van der Waals surface area contributed by atoms with Crippen LogP contribution in [0.3, 0.4) is 0 Å². The molecule has 32 nitrogen and oxygen atoms in total. The molecule has 8 fully saturated rings. The highest BCUT2D eigenvalue weighted by molar-refractivity contribution is 5.85. The molecule has 8 aliphatic rings. The second-order valence-electron chi connectivity index (χ2n) is 44.1. The zero-order valence-electron chi connectivity index (χ0n) is 76.0. The van der Waals surface area contributed by atoms with Crippen molar-refractivity contribution in [3.05, 3.63) is 0 Å². The van der Waals surface area contributed by atoms with Crippen molar-refractivity contribution in [2.45, 2.75) is 437 Å². The van der Waals surface area contributed by atoms with Crippen molar-refractivity contribution in [1.29, 1.82) is 0 Å². The van der Waals surface area contributed by atoms with Crippen LogP contribution in [0.5, 0.6) is 0 Å². The molecule has 6 N–H and O–H groups in total. The Morgan fingerprint density at radius 1 is 0.299 bits per heavy atom. The number of carbonyl (C=O) groups is 8. The third kappa shape index (κ3) is 27.1. The summed E-state index contributed by atoms with van der Waals surface area (Å²) in [4.78, 5) is 118. The van der Waals surface area contributed by atoms with Crippen molar-refractivity contribution in [3.63, 3.8) is 0 Å². The first-order valence-electron chi connectivity index (χ1n) is 42.0. The maximum absolute atomic E-state index is 15.6. The van der Waals surface area contributed by atoms with Crippen LogP contribution >= 0.6 is 0 Å². The number of esters is 2. The monoisotopic (exact) mass is 1670 g/mol. The van der Waals surface area contributed by atoms with Gasteiger partial charge in [-0.05, 0) is 179 Å². The molecule has 8 saturated heterocycles. The van der Waals surface area contributed by atoms with E-state index >= 15 is 9.59 Å². The minimum atomic E-state index is -3.24. The molecule has 2 unspecified atom stereocenters. The van der Waals surface area contributed by atoms with E-state index in [0.717, 1.165) is 0 Å². The van der Waals surface area contributed by atoms with Crippen LogP contribution in [0, 0.1) is 16.2 Å². The largest absolute Gasteiger partial charge is 0.512 e. The number of hydrogen-bond donors (Lipinski definition) is 6. The fourth-order valence-corrected chi connectivity index (χ4v) is 20.3. The molecule has 8 heterocycles. The molecule has 0 aromatic rings. The Balaban J connectivity index is 1.02. The van der Waals surface area contributed by atoms with Crippen LogP contribution in [-0.2, 0) is 94.9 Å². The lowest BCUT2D eigenvalue weighted by Gasteiger charge is -2.48. The van der Waals surface area contributed by atoms with Gasteiger partial charge in [0.25, 0.3) is 0 Å². The third-order valence-electron chi connectivity index (χ3n) is 22.7. The summed E-state index contributed by atoms with van der Waals surface area (Å²) in [6, 6.07) is 0. The Morgan fingerprint density at radius 3 is 0.641 bits per heavy atom. The molecule has 672 valence electrons. The normalized spacial score (nSPS) is 27.5. The first kappa shape index (κ1) is 96.6. The number of ether oxygens (including phenoxy) is 18. The summed E-state index contributed by atoms with van der Waals surface area (Å²) in [5, 5.41) is 21.3. The number of hydrogen-bond acceptors (Lipinski definition) is 32. The highest BCUT2D eigenvalue weighted by atomic mass is 16.9. The predicted molar refractivity (Wildman–Crippen MR) is 428 cm³/mol. The van der Waals surface area contributed by atoms with Gasteiger partial charge in [0, 0.05) is 154 Å². The van der Waals surface area contributed by atoms with Gasteiger partial charge in [0.2, 0.25) is 0 Å². The van der Waals surface area contributed by atoms with E-state index < -0.39 is 218 Å². The van der Waals surface area contributed by atoms with Crippen molar-refractivity contribution in [2.24, 2.45) is 16.2 Å². The third-order valence-corrected chi connectivity index (χ3v) is 22.7. The molecule has 8 rings (SSSR count). The first-order chi connectivity index (χ1) is 53.1. The molecule has 1 spiro atoms. The van der Waals surface area contributed by atoms with Crippen molar-refractivity contribution in [1.82, 2.24) is 31.9 Å². The molecule has 0 aliphatic carbocycles. The van der Waals surface area contributed by atoms with Gasteiger partial charge in [0.15, 0.2) is 24.8 Å². The topological polar surface area (TPSA) is 375 Å². The van der Waals surface area contributed by atoms with E-state index in [9.17, 15) is 28.8 Å². The van der Waals surface area contributed by atoms with E-state index in [1.165, 1.54) is 13.8 Å². The van der Waals surface area contributed by atoms with Crippen LogP contribution < -0.4 is 31.9 Å². The van der Waals surface area contributed by atoms with Crippen LogP contribution in [0.2, 0.25) is 0 Å². The van der Waals surface area contributed by atoms with Gasteiger partial charge in [-0.3, -0.25) is 0 Å². The second-order valence-corrected chi connectivity index (χ2v) is 44.1. The Hall–Kier alpha value is -5.84. The van der Waals surface area contributed by atoms with Crippen molar-refractivity contribution < 1.29 is 124 Å². The zero-order chi connectivity index (χ0) is 88.0. The van der Waals surface area contributed by atoms with Crippen LogP contribution in [-0.4, -0.2) is 228 Å². The molecular formula is C85H146N6O26. The van der Waals surface area contributed by atoms with Gasteiger partial charge >= 0.3 is 60.4 Å². The van der Waals surface area contributed by atoms with Gasteiger partial charge in [-0.2, -0.15) is 0 Å². The van der Waals surface area contributed by atoms with E-state index in [1.54, 1.807) is 27.7 Å². The summed E-state index contributed by atoms with van der Waals surface area (Å²) in [5.74, 6) is -9.41. The summed E-state index contributed by atoms with van der Waals surface area (Å²) in [6.07, 6.45) is -15.3. The molecule has 0 aromatic heterocycles. The fourth-order valence-electron chi connectivity index (χ4n) is 20.3. The van der Waals surface area contributed by atoms with E-state index in [2.05, 4.69) is 31.9 Å². The number of piperidine rings is 6. The predicted octanol–water partition coefficient (Wildman–Crippen LogP) is 13.6. The van der Waals surface area contributed by atoms with Crippen LogP contribution in [0.15, 0.2) is 0 Å². The molecule has 117 heavy (non-hydrogen) atoms. The van der Waals surface area contributed by atoms with Gasteiger partial charge in [0.05, 0.1) is 31.8 Å². The quantitative estimate of drug-likeness (QED) is 0.0297. The number of carbonyl (C=O) groups excluding carboxylic acids is 8. The van der Waals surface area contributed by atoms with Gasteiger partial charge in [-0.15, -0.1) is 0 Å². The average Bonchev–Trinajstić information content (AvgIpc) is 0.770. The molecule has 0 aromatic carbocycles. The average molecular weight is 1670 g/mol. The van der Waals surface area contributed by atoms with E-state index in [-0.39, 0.29) is 39.3 Å². The fraction of sp³-hybridized carbons (Fsp3) is 0.906. The highest BCUT2D eigenvalue weighted by Crippen LogP contribution is 2.44. The van der Waals surface area contributed by atoms with Gasteiger partial charge < -0.3 is 117 Å². The van der Waals surface area contributed by atoms with Crippen LogP contribution in [0.4, 0.5) is 28.8 Å². The second kappa shape index (κ2) is 34.8. The van der Waals surface area contributed by atoms with Gasteiger partial charge in [-0.1, -0.05) is 41.5 Å². The number of rotatable bonds is 24. The Bertz CT molecular complexity index is 3080. The van der Waals surface area contributed by atoms with E-state index in [4.69, 9.17) is 85.3 Å². The van der Waals surface area contributed by atoms with Gasteiger partial charge in [-0.25, -0.2) is 38.4 Å². The van der Waals surface area contributed by atoms with Crippen LogP contribution in [0.25, 0.3) is 0 Å². The zero-order valence-corrected chi connectivity index (χ0v) is 76.0. The van der Waals surface area contributed by atoms with Gasteiger partial charge in [0.1, 0.15) is 49.8 Å². The lowest BCUT2D eigenvalue weighted by molar-refractivity contribution is -0.338. The lowest BCUT2D eigenvalue weighted by atomic mass is 9.81. The Labute approximate surface area is 694 Å². The maximum atomic E-state index is 15.6. The molecule has 0 amide bonds. The maximum Gasteiger partial charge on any atom is 0.512 e. The smallest absolute Gasteiger partial charge is 0.459 e. The molecule has 32 heteroatoms. The summed E-state index contributed by atoms with van der Waals surface area (Å²) >= 11 is 0. The Morgan fingerprint density at radius 2 is 0.470 bits per heavy atom.